The van der Waals surface area contributed by atoms with Gasteiger partial charge >= 0.3 is 5.69 Å². The standard InChI is InChI=1S/C6H4N4OS.C3H7NO/c11-6-9-4-3(5(12)10-6)7-1-2-8-4;1-4(2)3-5/h1-2H,(H2,8,9,10,11,12);3H,1-2H3. The summed E-state index contributed by atoms with van der Waals surface area (Å²) in [4.78, 5) is 34.5. The fourth-order valence-corrected chi connectivity index (χ4v) is 1.14. The lowest BCUT2D eigenvalue weighted by Gasteiger charge is -1.93. The number of aromatic amines is 2. The summed E-state index contributed by atoms with van der Waals surface area (Å²) in [6, 6.07) is 0. The molecule has 8 heteroatoms. The second-order valence-corrected chi connectivity index (χ2v) is 3.64. The van der Waals surface area contributed by atoms with E-state index in [9.17, 15) is 9.59 Å². The van der Waals surface area contributed by atoms with E-state index in [1.54, 1.807) is 14.1 Å². The van der Waals surface area contributed by atoms with Crippen molar-refractivity contribution in [2.24, 2.45) is 0 Å². The highest BCUT2D eigenvalue weighted by molar-refractivity contribution is 7.71. The van der Waals surface area contributed by atoms with E-state index in [1.807, 2.05) is 0 Å². The van der Waals surface area contributed by atoms with Crippen LogP contribution < -0.4 is 5.69 Å². The van der Waals surface area contributed by atoms with E-state index < -0.39 is 0 Å². The van der Waals surface area contributed by atoms with Crippen molar-refractivity contribution in [3.63, 3.8) is 0 Å². The summed E-state index contributed by atoms with van der Waals surface area (Å²) < 4.78 is 0.307. The minimum Gasteiger partial charge on any atom is -0.351 e. The van der Waals surface area contributed by atoms with Crippen LogP contribution in [0.3, 0.4) is 0 Å². The molecule has 90 valence electrons. The lowest BCUT2D eigenvalue weighted by molar-refractivity contribution is -0.115. The molecule has 0 unspecified atom stereocenters. The van der Waals surface area contributed by atoms with Crippen LogP contribution in [0.4, 0.5) is 0 Å². The third-order valence-corrected chi connectivity index (χ3v) is 1.88. The second-order valence-electron chi connectivity index (χ2n) is 3.23. The predicted octanol–water partition coefficient (Wildman–Crippen LogP) is 0.0801. The molecule has 0 saturated heterocycles. The van der Waals surface area contributed by atoms with Crippen molar-refractivity contribution < 1.29 is 4.79 Å². The van der Waals surface area contributed by atoms with Gasteiger partial charge in [-0.1, -0.05) is 12.2 Å². The van der Waals surface area contributed by atoms with Crippen LogP contribution in [0.1, 0.15) is 0 Å². The van der Waals surface area contributed by atoms with Crippen LogP contribution in [-0.2, 0) is 4.79 Å². The Labute approximate surface area is 102 Å². The first-order valence-electron chi connectivity index (χ1n) is 4.59. The van der Waals surface area contributed by atoms with Gasteiger partial charge in [-0.05, 0) is 0 Å². The molecule has 0 fully saturated rings. The molecule has 0 aromatic carbocycles. The Balaban J connectivity index is 0.000000249. The lowest BCUT2D eigenvalue weighted by Crippen LogP contribution is -2.10. The number of H-pyrrole nitrogens is 2. The second kappa shape index (κ2) is 5.85. The molecule has 2 aromatic heterocycles. The third kappa shape index (κ3) is 3.76. The zero-order chi connectivity index (χ0) is 12.8. The number of aromatic nitrogens is 4. The van der Waals surface area contributed by atoms with Crippen molar-refractivity contribution in [1.29, 1.82) is 0 Å². The molecule has 0 atom stereocenters. The Bertz CT molecular complexity index is 618. The fraction of sp³-hybridized carbons (Fsp3) is 0.222. The normalized spacial score (nSPS) is 9.29. The Hall–Kier alpha value is -2.09. The Morgan fingerprint density at radius 3 is 2.47 bits per heavy atom. The molecule has 2 rings (SSSR count). The number of amides is 1. The Morgan fingerprint density at radius 1 is 1.29 bits per heavy atom. The number of hydrogen-bond acceptors (Lipinski definition) is 5. The average Bonchev–Trinajstić information content (AvgIpc) is 2.29. The fourth-order valence-electron chi connectivity index (χ4n) is 0.897. The maximum atomic E-state index is 10.9. The maximum absolute atomic E-state index is 10.9. The summed E-state index contributed by atoms with van der Waals surface area (Å²) in [5.74, 6) is 0. The Kier molecular flexibility index (Phi) is 4.46. The van der Waals surface area contributed by atoms with Crippen molar-refractivity contribution in [3.05, 3.63) is 27.5 Å². The molecule has 0 bridgehead atoms. The van der Waals surface area contributed by atoms with Gasteiger partial charge in [0, 0.05) is 26.5 Å². The zero-order valence-electron chi connectivity index (χ0n) is 9.30. The van der Waals surface area contributed by atoms with Crippen LogP contribution in [0.2, 0.25) is 0 Å². The van der Waals surface area contributed by atoms with Gasteiger partial charge in [0.2, 0.25) is 6.41 Å². The number of carbonyl (C=O) groups excluding carboxylic acids is 1. The predicted molar refractivity (Wildman–Crippen MR) is 65.1 cm³/mol. The van der Waals surface area contributed by atoms with E-state index >= 15 is 0 Å². The largest absolute Gasteiger partial charge is 0.351 e. The van der Waals surface area contributed by atoms with Gasteiger partial charge in [0.15, 0.2) is 5.65 Å². The van der Waals surface area contributed by atoms with Crippen molar-refractivity contribution in [2.45, 2.75) is 0 Å². The van der Waals surface area contributed by atoms with Crippen LogP contribution in [0.15, 0.2) is 17.2 Å². The summed E-state index contributed by atoms with van der Waals surface area (Å²) in [5, 5.41) is 0. The molecule has 0 aliphatic carbocycles. The van der Waals surface area contributed by atoms with E-state index in [1.165, 1.54) is 17.3 Å². The van der Waals surface area contributed by atoms with Gasteiger partial charge in [0.25, 0.3) is 0 Å². The van der Waals surface area contributed by atoms with Crippen molar-refractivity contribution in [2.75, 3.05) is 14.1 Å². The molecule has 0 aliphatic heterocycles. The average molecular weight is 253 g/mol. The summed E-state index contributed by atoms with van der Waals surface area (Å²) in [6.45, 7) is 0. The highest BCUT2D eigenvalue weighted by Crippen LogP contribution is 2.00. The minimum absolute atomic E-state index is 0.307. The molecule has 2 heterocycles. The quantitative estimate of drug-likeness (QED) is 0.554. The van der Waals surface area contributed by atoms with Crippen molar-refractivity contribution in [1.82, 2.24) is 24.8 Å². The van der Waals surface area contributed by atoms with Crippen LogP contribution in [0.25, 0.3) is 11.2 Å². The van der Waals surface area contributed by atoms with Gasteiger partial charge in [-0.25, -0.2) is 14.8 Å². The summed E-state index contributed by atoms with van der Waals surface area (Å²) in [6.07, 6.45) is 3.76. The summed E-state index contributed by atoms with van der Waals surface area (Å²) in [7, 11) is 3.38. The van der Waals surface area contributed by atoms with E-state index in [0.29, 0.717) is 15.8 Å². The molecule has 17 heavy (non-hydrogen) atoms. The number of carbonyl (C=O) groups is 1. The van der Waals surface area contributed by atoms with Gasteiger partial charge in [0.1, 0.15) is 10.2 Å². The lowest BCUT2D eigenvalue weighted by atomic mass is 10.5. The van der Waals surface area contributed by atoms with Gasteiger partial charge in [0.05, 0.1) is 0 Å². The Morgan fingerprint density at radius 2 is 1.88 bits per heavy atom. The summed E-state index contributed by atoms with van der Waals surface area (Å²) in [5.41, 5.74) is 0.548. The number of fused-ring (bicyclic) bond motifs is 1. The molecular weight excluding hydrogens is 242 g/mol. The van der Waals surface area contributed by atoms with Crippen LogP contribution in [0.5, 0.6) is 0 Å². The molecule has 2 aromatic rings. The highest BCUT2D eigenvalue weighted by atomic mass is 32.1. The van der Waals surface area contributed by atoms with Gasteiger partial charge in [-0.15, -0.1) is 0 Å². The SMILES string of the molecule is CN(C)C=O.O=c1[nH]c(=S)c2nccnc2[nH]1. The first kappa shape index (κ1) is 13.0. The molecule has 0 radical (unpaired) electrons. The van der Waals surface area contributed by atoms with E-state index in [-0.39, 0.29) is 5.69 Å². The number of nitrogens with zero attached hydrogens (tertiary/aromatic N) is 3. The van der Waals surface area contributed by atoms with Crippen LogP contribution >= 0.6 is 12.2 Å². The van der Waals surface area contributed by atoms with E-state index in [4.69, 9.17) is 12.2 Å². The third-order valence-electron chi connectivity index (χ3n) is 1.58. The monoisotopic (exact) mass is 253 g/mol. The molecular formula is C9H11N5O2S. The molecule has 7 nitrogen and oxygen atoms in total. The van der Waals surface area contributed by atoms with Crippen LogP contribution in [0, 0.1) is 4.64 Å². The number of hydrogen-bond donors (Lipinski definition) is 2. The van der Waals surface area contributed by atoms with Gasteiger partial charge in [-0.3, -0.25) is 14.8 Å². The van der Waals surface area contributed by atoms with Gasteiger partial charge < -0.3 is 4.90 Å². The minimum atomic E-state index is -0.368. The molecule has 1 amide bonds. The van der Waals surface area contributed by atoms with Crippen molar-refractivity contribution >= 4 is 29.8 Å². The van der Waals surface area contributed by atoms with Gasteiger partial charge in [-0.2, -0.15) is 0 Å². The number of rotatable bonds is 1. The topological polar surface area (TPSA) is 94.7 Å². The van der Waals surface area contributed by atoms with E-state index in [2.05, 4.69) is 19.9 Å². The molecule has 0 aliphatic rings. The molecule has 0 spiro atoms. The van der Waals surface area contributed by atoms with Crippen molar-refractivity contribution in [3.8, 4) is 0 Å². The molecule has 0 saturated carbocycles. The number of nitrogens with one attached hydrogen (secondary N) is 2. The van der Waals surface area contributed by atoms with E-state index in [0.717, 1.165) is 6.41 Å². The maximum Gasteiger partial charge on any atom is 0.325 e. The van der Waals surface area contributed by atoms with Crippen LogP contribution in [-0.4, -0.2) is 45.3 Å². The first-order chi connectivity index (χ1) is 8.04. The smallest absolute Gasteiger partial charge is 0.325 e. The highest BCUT2D eigenvalue weighted by Gasteiger charge is 1.96. The zero-order valence-corrected chi connectivity index (χ0v) is 10.1. The first-order valence-corrected chi connectivity index (χ1v) is 5.00. The molecule has 2 N–H and O–H groups in total. The summed E-state index contributed by atoms with van der Waals surface area (Å²) >= 11 is 4.86.